The summed E-state index contributed by atoms with van der Waals surface area (Å²) in [5, 5.41) is 2.76. The maximum Gasteiger partial charge on any atom is 0.229 e. The van der Waals surface area contributed by atoms with Crippen LogP contribution in [0, 0.1) is 5.92 Å². The van der Waals surface area contributed by atoms with Crippen molar-refractivity contribution in [1.82, 2.24) is 0 Å². The molecule has 2 aromatic rings. The average molecular weight is 432 g/mol. The highest BCUT2D eigenvalue weighted by molar-refractivity contribution is 7.91. The Labute approximate surface area is 175 Å². The van der Waals surface area contributed by atoms with E-state index in [2.05, 4.69) is 5.32 Å². The molecule has 9 heteroatoms. The molecule has 1 aliphatic rings. The number of carbonyl (C=O) groups excluding carboxylic acids is 2. The van der Waals surface area contributed by atoms with Crippen LogP contribution in [0.1, 0.15) is 13.3 Å². The third-order valence-electron chi connectivity index (χ3n) is 5.04. The molecule has 0 spiro atoms. The van der Waals surface area contributed by atoms with Crippen LogP contribution in [0.4, 0.5) is 11.4 Å². The van der Waals surface area contributed by atoms with E-state index in [0.717, 1.165) is 0 Å². The van der Waals surface area contributed by atoms with Crippen molar-refractivity contribution in [3.05, 3.63) is 42.5 Å². The van der Waals surface area contributed by atoms with Crippen molar-refractivity contribution in [3.8, 4) is 11.5 Å². The predicted octanol–water partition coefficient (Wildman–Crippen LogP) is 2.49. The van der Waals surface area contributed by atoms with Crippen molar-refractivity contribution in [2.75, 3.05) is 36.7 Å². The summed E-state index contributed by atoms with van der Waals surface area (Å²) in [5.74, 6) is 0.0804. The van der Waals surface area contributed by atoms with Gasteiger partial charge in [-0.15, -0.1) is 0 Å². The van der Waals surface area contributed by atoms with Crippen molar-refractivity contribution < 1.29 is 27.5 Å². The highest BCUT2D eigenvalue weighted by Gasteiger charge is 2.35. The van der Waals surface area contributed by atoms with Gasteiger partial charge < -0.3 is 19.7 Å². The summed E-state index contributed by atoms with van der Waals surface area (Å²) in [5.41, 5.74) is 1.11. The lowest BCUT2D eigenvalue weighted by molar-refractivity contribution is -0.122. The van der Waals surface area contributed by atoms with Crippen LogP contribution in [0.15, 0.2) is 47.4 Å². The molecule has 8 nitrogen and oxygen atoms in total. The number of amides is 2. The standard InChI is InChI=1S/C21H24N2O6S/c1-4-30(26,27)17-8-5-15(6-9-17)22-21(25)14-11-20(24)23(13-14)16-7-10-18(28-2)19(12-16)29-3/h5-10,12,14H,4,11,13H2,1-3H3,(H,22,25). The Morgan fingerprint density at radius 2 is 1.77 bits per heavy atom. The highest BCUT2D eigenvalue weighted by atomic mass is 32.2. The molecule has 160 valence electrons. The molecule has 1 heterocycles. The van der Waals surface area contributed by atoms with E-state index in [1.54, 1.807) is 42.2 Å². The van der Waals surface area contributed by atoms with Gasteiger partial charge in [-0.2, -0.15) is 0 Å². The Kier molecular flexibility index (Phi) is 6.31. The van der Waals surface area contributed by atoms with Crippen LogP contribution in [0.2, 0.25) is 0 Å². The van der Waals surface area contributed by atoms with Gasteiger partial charge in [-0.25, -0.2) is 8.42 Å². The number of rotatable bonds is 7. The van der Waals surface area contributed by atoms with Gasteiger partial charge in [0.1, 0.15) is 0 Å². The van der Waals surface area contributed by atoms with Crippen LogP contribution in [-0.4, -0.2) is 46.7 Å². The first kappa shape index (κ1) is 21.6. The van der Waals surface area contributed by atoms with Gasteiger partial charge >= 0.3 is 0 Å². The van der Waals surface area contributed by atoms with Crippen molar-refractivity contribution in [2.24, 2.45) is 5.92 Å². The number of benzene rings is 2. The second-order valence-corrected chi connectivity index (χ2v) is 9.14. The largest absolute Gasteiger partial charge is 0.493 e. The van der Waals surface area contributed by atoms with E-state index in [9.17, 15) is 18.0 Å². The number of ether oxygens (including phenoxy) is 2. The van der Waals surface area contributed by atoms with E-state index >= 15 is 0 Å². The van der Waals surface area contributed by atoms with Gasteiger partial charge in [0, 0.05) is 30.4 Å². The molecule has 1 aliphatic heterocycles. The maximum atomic E-state index is 12.6. The molecule has 1 N–H and O–H groups in total. The summed E-state index contributed by atoms with van der Waals surface area (Å²) in [6, 6.07) is 11.2. The van der Waals surface area contributed by atoms with Crippen LogP contribution in [0.3, 0.4) is 0 Å². The number of methoxy groups -OCH3 is 2. The topological polar surface area (TPSA) is 102 Å². The number of anilines is 2. The van der Waals surface area contributed by atoms with Crippen LogP contribution < -0.4 is 19.7 Å². The van der Waals surface area contributed by atoms with E-state index in [1.165, 1.54) is 26.4 Å². The van der Waals surface area contributed by atoms with Crippen molar-refractivity contribution in [2.45, 2.75) is 18.2 Å². The molecule has 0 aliphatic carbocycles. The third kappa shape index (κ3) is 4.40. The van der Waals surface area contributed by atoms with Crippen molar-refractivity contribution in [1.29, 1.82) is 0 Å². The minimum absolute atomic E-state index is 0.00880. The van der Waals surface area contributed by atoms with E-state index in [0.29, 0.717) is 22.9 Å². The molecule has 1 saturated heterocycles. The van der Waals surface area contributed by atoms with E-state index in [1.807, 2.05) is 0 Å². The number of carbonyl (C=O) groups is 2. The molecule has 0 radical (unpaired) electrons. The summed E-state index contributed by atoms with van der Waals surface area (Å²) in [6.45, 7) is 1.81. The second kappa shape index (κ2) is 8.74. The second-order valence-electron chi connectivity index (χ2n) is 6.86. The summed E-state index contributed by atoms with van der Waals surface area (Å²) < 4.78 is 34.3. The quantitative estimate of drug-likeness (QED) is 0.721. The smallest absolute Gasteiger partial charge is 0.229 e. The first-order chi connectivity index (χ1) is 14.3. The van der Waals surface area contributed by atoms with Gasteiger partial charge in [0.15, 0.2) is 21.3 Å². The minimum Gasteiger partial charge on any atom is -0.493 e. The molecule has 0 bridgehead atoms. The van der Waals surface area contributed by atoms with Crippen molar-refractivity contribution in [3.63, 3.8) is 0 Å². The van der Waals surface area contributed by atoms with E-state index in [4.69, 9.17) is 9.47 Å². The Hall–Kier alpha value is -3.07. The molecule has 1 atom stereocenters. The van der Waals surface area contributed by atoms with Gasteiger partial charge in [-0.1, -0.05) is 6.92 Å². The number of nitrogens with one attached hydrogen (secondary N) is 1. The van der Waals surface area contributed by atoms with Crippen LogP contribution in [-0.2, 0) is 19.4 Å². The van der Waals surface area contributed by atoms with Gasteiger partial charge in [0.25, 0.3) is 0 Å². The van der Waals surface area contributed by atoms with Crippen LogP contribution in [0.5, 0.6) is 11.5 Å². The molecule has 1 fully saturated rings. The first-order valence-electron chi connectivity index (χ1n) is 9.45. The third-order valence-corrected chi connectivity index (χ3v) is 6.79. The zero-order valence-corrected chi connectivity index (χ0v) is 17.9. The zero-order valence-electron chi connectivity index (χ0n) is 17.0. The molecule has 1 unspecified atom stereocenters. The Morgan fingerprint density at radius 1 is 1.10 bits per heavy atom. The number of nitrogens with zero attached hydrogens (tertiary/aromatic N) is 1. The fourth-order valence-corrected chi connectivity index (χ4v) is 4.17. The Balaban J connectivity index is 1.69. The fraction of sp³-hybridized carbons (Fsp3) is 0.333. The summed E-state index contributed by atoms with van der Waals surface area (Å²) in [4.78, 5) is 26.9. The van der Waals surface area contributed by atoms with Gasteiger partial charge in [-0.05, 0) is 36.4 Å². The predicted molar refractivity (Wildman–Crippen MR) is 113 cm³/mol. The molecule has 30 heavy (non-hydrogen) atoms. The van der Waals surface area contributed by atoms with Gasteiger partial charge in [0.2, 0.25) is 11.8 Å². The normalized spacial score (nSPS) is 16.4. The number of sulfone groups is 1. The maximum absolute atomic E-state index is 12.6. The molecule has 2 aromatic carbocycles. The zero-order chi connectivity index (χ0) is 21.9. The lowest BCUT2D eigenvalue weighted by Gasteiger charge is -2.18. The molecule has 3 rings (SSSR count). The van der Waals surface area contributed by atoms with E-state index in [-0.39, 0.29) is 35.4 Å². The SMILES string of the molecule is CCS(=O)(=O)c1ccc(NC(=O)C2CC(=O)N(c3ccc(OC)c(OC)c3)C2)cc1. The van der Waals surface area contributed by atoms with Gasteiger partial charge in [0.05, 0.1) is 30.8 Å². The molecular weight excluding hydrogens is 408 g/mol. The van der Waals surface area contributed by atoms with Crippen LogP contribution >= 0.6 is 0 Å². The fourth-order valence-electron chi connectivity index (χ4n) is 3.28. The Bertz CT molecular complexity index is 1050. The van der Waals surface area contributed by atoms with Gasteiger partial charge in [-0.3, -0.25) is 9.59 Å². The molecule has 0 aromatic heterocycles. The Morgan fingerprint density at radius 3 is 2.37 bits per heavy atom. The lowest BCUT2D eigenvalue weighted by Crippen LogP contribution is -2.28. The van der Waals surface area contributed by atoms with Crippen LogP contribution in [0.25, 0.3) is 0 Å². The number of hydrogen-bond acceptors (Lipinski definition) is 6. The molecule has 2 amide bonds. The summed E-state index contributed by atoms with van der Waals surface area (Å²) in [6.07, 6.45) is 0.0858. The number of hydrogen-bond donors (Lipinski definition) is 1. The average Bonchev–Trinajstić information content (AvgIpc) is 3.15. The monoisotopic (exact) mass is 432 g/mol. The lowest BCUT2D eigenvalue weighted by atomic mass is 10.1. The van der Waals surface area contributed by atoms with E-state index < -0.39 is 15.8 Å². The highest BCUT2D eigenvalue weighted by Crippen LogP contribution is 2.34. The molecular formula is C21H24N2O6S. The minimum atomic E-state index is -3.30. The molecule has 0 saturated carbocycles. The van der Waals surface area contributed by atoms with Crippen molar-refractivity contribution >= 4 is 33.0 Å². The first-order valence-corrected chi connectivity index (χ1v) is 11.1. The summed E-state index contributed by atoms with van der Waals surface area (Å²) >= 11 is 0. The summed E-state index contributed by atoms with van der Waals surface area (Å²) in [7, 11) is -0.253.